The molecule has 0 aliphatic heterocycles. The minimum atomic E-state index is -0.166. The first-order chi connectivity index (χ1) is 14.7. The molecule has 5 rings (SSSR count). The van der Waals surface area contributed by atoms with Crippen LogP contribution in [0.25, 0.3) is 39.0 Å². The summed E-state index contributed by atoms with van der Waals surface area (Å²) in [5.41, 5.74) is 14.4. The summed E-state index contributed by atoms with van der Waals surface area (Å²) in [6.45, 7) is 0.980. The maximum atomic E-state index is 13.5. The molecule has 0 radical (unpaired) electrons. The maximum Gasteiger partial charge on any atom is 0.177 e. The molecule has 0 amide bonds. The van der Waals surface area contributed by atoms with Crippen molar-refractivity contribution >= 4 is 56.7 Å². The summed E-state index contributed by atoms with van der Waals surface area (Å²) in [6, 6.07) is 16.2. The minimum Gasteiger partial charge on any atom is -0.326 e. The zero-order valence-electron chi connectivity index (χ0n) is 15.7. The Morgan fingerprint density at radius 1 is 0.633 bits per heavy atom. The van der Waals surface area contributed by atoms with Gasteiger partial charge in [0.25, 0.3) is 0 Å². The van der Waals surface area contributed by atoms with Crippen molar-refractivity contribution in [3.05, 3.63) is 70.2 Å². The second-order valence-corrected chi connectivity index (χ2v) is 11.8. The lowest BCUT2D eigenvalue weighted by Crippen LogP contribution is -1.95. The molecular weight excluding hydrogens is 472 g/mol. The topological polar surface area (TPSA) is 52.0 Å². The van der Waals surface area contributed by atoms with Crippen molar-refractivity contribution in [3.8, 4) is 39.0 Å². The van der Waals surface area contributed by atoms with Gasteiger partial charge in [-0.3, -0.25) is 0 Å². The number of rotatable bonds is 6. The van der Waals surface area contributed by atoms with E-state index in [4.69, 9.17) is 11.5 Å². The quantitative estimate of drug-likeness (QED) is 0.257. The zero-order chi connectivity index (χ0) is 20.7. The Bertz CT molecular complexity index is 1290. The Labute approximate surface area is 193 Å². The SMILES string of the molecule is NCc1cc(-c2cccs2)sc1-c1ccc(-c2sc(-c3ccc(F)s3)cc2CN)s1. The average molecular weight is 489 g/mol. The standard InChI is InChI=1S/C22H17FN2S5/c23-20-6-5-15(28-20)19-9-13(11-25)22(30-19)17-4-3-16(27-17)21-12(10-24)8-18(29-21)14-2-1-7-26-14/h1-9H,10-11,24-25H2. The van der Waals surface area contributed by atoms with Gasteiger partial charge in [-0.1, -0.05) is 6.07 Å². The van der Waals surface area contributed by atoms with E-state index >= 15 is 0 Å². The number of hydrogen-bond donors (Lipinski definition) is 2. The van der Waals surface area contributed by atoms with E-state index < -0.39 is 0 Å². The van der Waals surface area contributed by atoms with Crippen LogP contribution in [0.15, 0.2) is 53.9 Å². The third-order valence-corrected chi connectivity index (χ3v) is 10.6. The van der Waals surface area contributed by atoms with Gasteiger partial charge in [-0.25, -0.2) is 0 Å². The Balaban J connectivity index is 1.53. The van der Waals surface area contributed by atoms with Gasteiger partial charge in [0.15, 0.2) is 5.13 Å². The van der Waals surface area contributed by atoms with Crippen LogP contribution in [0.3, 0.4) is 0 Å². The average Bonchev–Trinajstić information content (AvgIpc) is 3.56. The van der Waals surface area contributed by atoms with Crippen molar-refractivity contribution in [1.29, 1.82) is 0 Å². The van der Waals surface area contributed by atoms with Gasteiger partial charge in [0.05, 0.1) is 0 Å². The van der Waals surface area contributed by atoms with Crippen molar-refractivity contribution in [1.82, 2.24) is 0 Å². The van der Waals surface area contributed by atoms with E-state index in [0.29, 0.717) is 13.1 Å². The van der Waals surface area contributed by atoms with Crippen LogP contribution in [0.2, 0.25) is 0 Å². The Hall–Kier alpha value is -1.65. The molecule has 2 nitrogen and oxygen atoms in total. The molecule has 0 fully saturated rings. The summed E-state index contributed by atoms with van der Waals surface area (Å²) in [5, 5.41) is 1.93. The highest BCUT2D eigenvalue weighted by atomic mass is 32.1. The molecule has 0 bridgehead atoms. The van der Waals surface area contributed by atoms with Crippen LogP contribution in [0.1, 0.15) is 11.1 Å². The van der Waals surface area contributed by atoms with Gasteiger partial charge in [-0.2, -0.15) is 4.39 Å². The molecule has 0 aromatic carbocycles. The van der Waals surface area contributed by atoms with Crippen LogP contribution in [-0.2, 0) is 13.1 Å². The summed E-state index contributed by atoms with van der Waals surface area (Å²) in [6.07, 6.45) is 0. The molecule has 0 aliphatic rings. The van der Waals surface area contributed by atoms with E-state index in [9.17, 15) is 4.39 Å². The summed E-state index contributed by atoms with van der Waals surface area (Å²) in [5.74, 6) is 0. The summed E-state index contributed by atoms with van der Waals surface area (Å²) >= 11 is 8.16. The fourth-order valence-corrected chi connectivity index (χ4v) is 8.59. The van der Waals surface area contributed by atoms with Crippen LogP contribution < -0.4 is 11.5 Å². The van der Waals surface area contributed by atoms with Crippen molar-refractivity contribution in [2.24, 2.45) is 11.5 Å². The van der Waals surface area contributed by atoms with E-state index in [1.165, 1.54) is 52.2 Å². The lowest BCUT2D eigenvalue weighted by Gasteiger charge is -1.98. The third kappa shape index (κ3) is 3.73. The van der Waals surface area contributed by atoms with Crippen LogP contribution >= 0.6 is 56.7 Å². The van der Waals surface area contributed by atoms with Crippen molar-refractivity contribution < 1.29 is 4.39 Å². The van der Waals surface area contributed by atoms with Gasteiger partial charge in [0, 0.05) is 52.1 Å². The number of thiophene rings is 5. The van der Waals surface area contributed by atoms with E-state index in [0.717, 1.165) is 15.3 Å². The molecule has 0 spiro atoms. The molecule has 4 N–H and O–H groups in total. The van der Waals surface area contributed by atoms with Crippen molar-refractivity contribution in [2.45, 2.75) is 13.1 Å². The predicted molar refractivity (Wildman–Crippen MR) is 133 cm³/mol. The first-order valence-corrected chi connectivity index (χ1v) is 13.4. The molecule has 152 valence electrons. The summed E-state index contributed by atoms with van der Waals surface area (Å²) < 4.78 is 13.5. The zero-order valence-corrected chi connectivity index (χ0v) is 19.8. The monoisotopic (exact) mass is 488 g/mol. The van der Waals surface area contributed by atoms with E-state index in [2.05, 4.69) is 41.8 Å². The molecule has 0 unspecified atom stereocenters. The van der Waals surface area contributed by atoms with Gasteiger partial charge in [-0.05, 0) is 59.0 Å². The molecule has 5 aromatic rings. The molecular formula is C22H17FN2S5. The van der Waals surface area contributed by atoms with Crippen molar-refractivity contribution in [2.75, 3.05) is 0 Å². The third-order valence-electron chi connectivity index (χ3n) is 4.69. The molecule has 5 heterocycles. The fraction of sp³-hybridized carbons (Fsp3) is 0.0909. The minimum absolute atomic E-state index is 0.166. The van der Waals surface area contributed by atoms with Gasteiger partial charge in [0.2, 0.25) is 0 Å². The Morgan fingerprint density at radius 2 is 1.23 bits per heavy atom. The highest BCUT2D eigenvalue weighted by Crippen LogP contribution is 2.47. The molecule has 30 heavy (non-hydrogen) atoms. The van der Waals surface area contributed by atoms with Gasteiger partial charge >= 0.3 is 0 Å². The van der Waals surface area contributed by atoms with Crippen LogP contribution in [0.4, 0.5) is 4.39 Å². The molecule has 5 aromatic heterocycles. The van der Waals surface area contributed by atoms with E-state index in [1.54, 1.807) is 45.3 Å². The van der Waals surface area contributed by atoms with Crippen LogP contribution in [-0.4, -0.2) is 0 Å². The molecule has 0 atom stereocenters. The first-order valence-electron chi connectivity index (χ1n) is 9.22. The lowest BCUT2D eigenvalue weighted by atomic mass is 10.2. The van der Waals surface area contributed by atoms with Crippen LogP contribution in [0, 0.1) is 5.13 Å². The number of hydrogen-bond acceptors (Lipinski definition) is 7. The number of nitrogens with two attached hydrogens (primary N) is 2. The lowest BCUT2D eigenvalue weighted by molar-refractivity contribution is 0.657. The van der Waals surface area contributed by atoms with Gasteiger partial charge < -0.3 is 11.5 Å². The first kappa shape index (κ1) is 20.3. The number of halogens is 1. The molecule has 0 saturated carbocycles. The molecule has 8 heteroatoms. The van der Waals surface area contributed by atoms with Gasteiger partial charge in [0.1, 0.15) is 0 Å². The van der Waals surface area contributed by atoms with Gasteiger partial charge in [-0.15, -0.1) is 56.7 Å². The molecule has 0 aliphatic carbocycles. The highest BCUT2D eigenvalue weighted by molar-refractivity contribution is 7.29. The Kier molecular flexibility index (Phi) is 5.72. The largest absolute Gasteiger partial charge is 0.326 e. The van der Waals surface area contributed by atoms with Crippen LogP contribution in [0.5, 0.6) is 0 Å². The molecule has 0 saturated heterocycles. The maximum absolute atomic E-state index is 13.5. The highest BCUT2D eigenvalue weighted by Gasteiger charge is 2.18. The second-order valence-electron chi connectivity index (χ2n) is 6.58. The predicted octanol–water partition coefficient (Wildman–Crippen LogP) is 7.72. The second kappa shape index (κ2) is 8.47. The normalized spacial score (nSPS) is 11.4. The van der Waals surface area contributed by atoms with E-state index in [-0.39, 0.29) is 5.13 Å². The van der Waals surface area contributed by atoms with Crippen molar-refractivity contribution in [3.63, 3.8) is 0 Å². The van der Waals surface area contributed by atoms with E-state index in [1.807, 2.05) is 6.07 Å². The smallest absolute Gasteiger partial charge is 0.177 e. The Morgan fingerprint density at radius 3 is 1.73 bits per heavy atom. The summed E-state index contributed by atoms with van der Waals surface area (Å²) in [7, 11) is 0. The fourth-order valence-electron chi connectivity index (χ4n) is 3.27. The summed E-state index contributed by atoms with van der Waals surface area (Å²) in [4.78, 5) is 9.36.